The van der Waals surface area contributed by atoms with E-state index in [9.17, 15) is 14.4 Å². The molecule has 3 fully saturated rings. The number of carbonyl (C=O) groups excluding carboxylic acids is 3. The van der Waals surface area contributed by atoms with E-state index in [0.29, 0.717) is 32.3 Å². The number of rotatable bonds is 0. The molecule has 15 heavy (non-hydrogen) atoms. The topological polar surface area (TPSA) is 60.4 Å². The van der Waals surface area contributed by atoms with Crippen molar-refractivity contribution >= 4 is 17.5 Å². The first-order valence-electron chi connectivity index (χ1n) is 5.40. The Morgan fingerprint density at radius 2 is 2.00 bits per heavy atom. The van der Waals surface area contributed by atoms with Crippen LogP contribution < -0.4 is 0 Å². The van der Waals surface area contributed by atoms with Crippen LogP contribution in [0.25, 0.3) is 0 Å². The van der Waals surface area contributed by atoms with Crippen molar-refractivity contribution in [3.63, 3.8) is 0 Å². The molecule has 0 N–H and O–H groups in total. The van der Waals surface area contributed by atoms with Gasteiger partial charge < -0.3 is 4.74 Å². The Kier molecular flexibility index (Phi) is 1.62. The van der Waals surface area contributed by atoms with Crippen LogP contribution in [0.4, 0.5) is 0 Å². The van der Waals surface area contributed by atoms with E-state index in [2.05, 4.69) is 0 Å². The number of Topliss-reactive ketones (excluding diaryl/α,β-unsaturated/α-hetero) is 2. The van der Waals surface area contributed by atoms with Crippen LogP contribution in [0.15, 0.2) is 0 Å². The van der Waals surface area contributed by atoms with Crippen LogP contribution in [0, 0.1) is 17.3 Å². The SMILES string of the molecule is O=C1C[C@H]2CCOC(=O)[C@]23CC[C@H]1C3=O. The molecule has 3 atom stereocenters. The van der Waals surface area contributed by atoms with E-state index in [1.54, 1.807) is 0 Å². The Bertz CT molecular complexity index is 373. The van der Waals surface area contributed by atoms with Crippen molar-refractivity contribution in [1.29, 1.82) is 0 Å². The average Bonchev–Trinajstić information content (AvgIpc) is 2.44. The molecule has 3 rings (SSSR count). The maximum atomic E-state index is 12.0. The smallest absolute Gasteiger partial charge is 0.319 e. The van der Waals surface area contributed by atoms with Gasteiger partial charge in [0.2, 0.25) is 0 Å². The summed E-state index contributed by atoms with van der Waals surface area (Å²) in [7, 11) is 0. The van der Waals surface area contributed by atoms with E-state index in [4.69, 9.17) is 4.74 Å². The van der Waals surface area contributed by atoms with Crippen LogP contribution >= 0.6 is 0 Å². The molecule has 1 spiro atoms. The predicted octanol–water partition coefficient (Wildman–Crippen LogP) is 0.488. The Balaban J connectivity index is 2.10. The first kappa shape index (κ1) is 9.07. The van der Waals surface area contributed by atoms with Gasteiger partial charge in [0.1, 0.15) is 11.2 Å². The predicted molar refractivity (Wildman–Crippen MR) is 48.9 cm³/mol. The molecule has 0 aromatic heterocycles. The van der Waals surface area contributed by atoms with E-state index < -0.39 is 11.3 Å². The Labute approximate surface area is 87.0 Å². The monoisotopic (exact) mass is 208 g/mol. The summed E-state index contributed by atoms with van der Waals surface area (Å²) in [4.78, 5) is 35.5. The largest absolute Gasteiger partial charge is 0.465 e. The second-order valence-electron chi connectivity index (χ2n) is 4.72. The first-order chi connectivity index (χ1) is 7.16. The molecule has 2 aliphatic carbocycles. The maximum Gasteiger partial charge on any atom is 0.319 e. The lowest BCUT2D eigenvalue weighted by molar-refractivity contribution is -0.174. The molecule has 2 bridgehead atoms. The van der Waals surface area contributed by atoms with Gasteiger partial charge in [-0.1, -0.05) is 0 Å². The summed E-state index contributed by atoms with van der Waals surface area (Å²) in [5.41, 5.74) is -0.934. The van der Waals surface area contributed by atoms with Crippen LogP contribution in [0.5, 0.6) is 0 Å². The summed E-state index contributed by atoms with van der Waals surface area (Å²) in [6, 6.07) is 0. The zero-order valence-corrected chi connectivity index (χ0v) is 8.32. The maximum absolute atomic E-state index is 12.0. The third-order valence-electron chi connectivity index (χ3n) is 4.18. The molecule has 4 nitrogen and oxygen atoms in total. The second-order valence-corrected chi connectivity index (χ2v) is 4.72. The molecule has 1 heterocycles. The molecule has 4 heteroatoms. The van der Waals surface area contributed by atoms with Gasteiger partial charge in [-0.2, -0.15) is 0 Å². The molecule has 1 saturated heterocycles. The van der Waals surface area contributed by atoms with Gasteiger partial charge in [0, 0.05) is 6.42 Å². The normalized spacial score (nSPS) is 43.9. The van der Waals surface area contributed by atoms with Crippen LogP contribution in [0.1, 0.15) is 25.7 Å². The number of hydrogen-bond acceptors (Lipinski definition) is 4. The molecule has 1 aliphatic heterocycles. The molecule has 0 amide bonds. The number of ether oxygens (including phenoxy) is 1. The quantitative estimate of drug-likeness (QED) is 0.429. The third kappa shape index (κ3) is 0.899. The lowest BCUT2D eigenvalue weighted by atomic mass is 9.64. The number of hydrogen-bond donors (Lipinski definition) is 0. The minimum atomic E-state index is -0.934. The fourth-order valence-electron chi connectivity index (χ4n) is 3.35. The van der Waals surface area contributed by atoms with Crippen molar-refractivity contribution < 1.29 is 19.1 Å². The van der Waals surface area contributed by atoms with E-state index >= 15 is 0 Å². The van der Waals surface area contributed by atoms with Gasteiger partial charge >= 0.3 is 5.97 Å². The van der Waals surface area contributed by atoms with Gasteiger partial charge in [0.25, 0.3) is 0 Å². The third-order valence-corrected chi connectivity index (χ3v) is 4.18. The van der Waals surface area contributed by atoms with Gasteiger partial charge in [0.05, 0.1) is 12.5 Å². The molecule has 0 unspecified atom stereocenters. The minimum Gasteiger partial charge on any atom is -0.465 e. The van der Waals surface area contributed by atoms with Crippen molar-refractivity contribution in [2.24, 2.45) is 17.3 Å². The lowest BCUT2D eigenvalue weighted by Crippen LogP contribution is -2.53. The summed E-state index contributed by atoms with van der Waals surface area (Å²) in [6.45, 7) is 0.358. The summed E-state index contributed by atoms with van der Waals surface area (Å²) in [5, 5.41) is 0. The van der Waals surface area contributed by atoms with E-state index in [-0.39, 0.29) is 23.5 Å². The summed E-state index contributed by atoms with van der Waals surface area (Å²) < 4.78 is 5.00. The summed E-state index contributed by atoms with van der Waals surface area (Å²) in [6.07, 6.45) is 2.12. The van der Waals surface area contributed by atoms with E-state index in [1.165, 1.54) is 0 Å². The highest BCUT2D eigenvalue weighted by molar-refractivity contribution is 6.17. The molecule has 2 saturated carbocycles. The fraction of sp³-hybridized carbons (Fsp3) is 0.727. The highest BCUT2D eigenvalue weighted by Gasteiger charge is 2.64. The highest BCUT2D eigenvalue weighted by atomic mass is 16.5. The van der Waals surface area contributed by atoms with Gasteiger partial charge in [0.15, 0.2) is 5.78 Å². The number of fused-ring (bicyclic) bond motifs is 1. The van der Waals surface area contributed by atoms with Crippen molar-refractivity contribution in [3.05, 3.63) is 0 Å². The zero-order valence-electron chi connectivity index (χ0n) is 8.32. The molecule has 80 valence electrons. The van der Waals surface area contributed by atoms with Crippen LogP contribution in [-0.4, -0.2) is 24.1 Å². The van der Waals surface area contributed by atoms with Gasteiger partial charge in [-0.25, -0.2) is 0 Å². The summed E-state index contributed by atoms with van der Waals surface area (Å²) >= 11 is 0. The van der Waals surface area contributed by atoms with Gasteiger partial charge in [-0.05, 0) is 25.2 Å². The molecule has 3 aliphatic rings. The molecule has 0 aromatic rings. The minimum absolute atomic E-state index is 0.0350. The van der Waals surface area contributed by atoms with Crippen molar-refractivity contribution in [3.8, 4) is 0 Å². The lowest BCUT2D eigenvalue weighted by Gasteiger charge is -2.40. The zero-order chi connectivity index (χ0) is 10.6. The molecule has 0 aromatic carbocycles. The number of esters is 1. The fourth-order valence-corrected chi connectivity index (χ4v) is 3.35. The standard InChI is InChI=1S/C11H12O4/c12-8-5-6-2-4-15-10(14)11(6)3-1-7(8)9(11)13/h6-7H,1-5H2/t6-,7-,11-/m1/s1. The Morgan fingerprint density at radius 1 is 1.20 bits per heavy atom. The summed E-state index contributed by atoms with van der Waals surface area (Å²) in [5.74, 6) is -1.09. The number of ketones is 2. The average molecular weight is 208 g/mol. The van der Waals surface area contributed by atoms with Crippen LogP contribution in [0.2, 0.25) is 0 Å². The molecular weight excluding hydrogens is 196 g/mol. The molecular formula is C11H12O4. The van der Waals surface area contributed by atoms with Crippen molar-refractivity contribution in [1.82, 2.24) is 0 Å². The second kappa shape index (κ2) is 2.68. The van der Waals surface area contributed by atoms with Crippen molar-refractivity contribution in [2.45, 2.75) is 25.7 Å². The van der Waals surface area contributed by atoms with Crippen molar-refractivity contribution in [2.75, 3.05) is 6.61 Å². The first-order valence-corrected chi connectivity index (χ1v) is 5.40. The van der Waals surface area contributed by atoms with E-state index in [0.717, 1.165) is 0 Å². The van der Waals surface area contributed by atoms with E-state index in [1.807, 2.05) is 0 Å². The van der Waals surface area contributed by atoms with Gasteiger partial charge in [-0.3, -0.25) is 14.4 Å². The van der Waals surface area contributed by atoms with Crippen LogP contribution in [-0.2, 0) is 19.1 Å². The van der Waals surface area contributed by atoms with Crippen LogP contribution in [0.3, 0.4) is 0 Å². The molecule has 0 radical (unpaired) electrons. The Hall–Kier alpha value is -1.19. The number of carbonyl (C=O) groups is 3. The number of cyclic esters (lactones) is 1. The van der Waals surface area contributed by atoms with Gasteiger partial charge in [-0.15, -0.1) is 0 Å². The Morgan fingerprint density at radius 3 is 2.80 bits per heavy atom. The highest BCUT2D eigenvalue weighted by Crippen LogP contribution is 2.53.